The van der Waals surface area contributed by atoms with Crippen LogP contribution < -0.4 is 21.8 Å². The lowest BCUT2D eigenvalue weighted by molar-refractivity contribution is 0.407. The van der Waals surface area contributed by atoms with Gasteiger partial charge < -0.3 is 14.4 Å². The maximum Gasteiger partial charge on any atom is 0.272 e. The van der Waals surface area contributed by atoms with Gasteiger partial charge in [-0.1, -0.05) is 57.2 Å². The Labute approximate surface area is 211 Å². The van der Waals surface area contributed by atoms with Crippen LogP contribution in [0.2, 0.25) is 0 Å². The third-order valence-electron chi connectivity index (χ3n) is 5.81. The summed E-state index contributed by atoms with van der Waals surface area (Å²) in [7, 11) is -4.00. The first kappa shape index (κ1) is 24.3. The highest BCUT2D eigenvalue weighted by Gasteiger charge is 2.23. The number of rotatable bonds is 4. The van der Waals surface area contributed by atoms with Crippen molar-refractivity contribution in [1.29, 1.82) is 0 Å². The molecule has 5 rings (SSSR count). The van der Waals surface area contributed by atoms with E-state index < -0.39 is 21.1 Å². The van der Waals surface area contributed by atoms with Crippen LogP contribution in [0.3, 0.4) is 0 Å². The molecule has 188 valence electrons. The summed E-state index contributed by atoms with van der Waals surface area (Å²) in [5, 5.41) is 0.572. The third kappa shape index (κ3) is 4.47. The minimum atomic E-state index is -4.00. The van der Waals surface area contributed by atoms with Crippen molar-refractivity contribution in [2.75, 3.05) is 0 Å². The van der Waals surface area contributed by atoms with Gasteiger partial charge in [0.25, 0.3) is 21.1 Å². The van der Waals surface area contributed by atoms with Gasteiger partial charge in [-0.25, -0.2) is 17.4 Å². The lowest BCUT2D eigenvalue weighted by Gasteiger charge is -2.14. The molecule has 3 aromatic heterocycles. The number of H-pyrrole nitrogens is 2. The van der Waals surface area contributed by atoms with E-state index in [1.165, 1.54) is 34.7 Å². The second-order valence-corrected chi connectivity index (χ2v) is 11.3. The SMILES string of the molecule is CC(C)(C)c1ocnc1C=c1[nH]c(=O)c(=Cc2cc3ccccc3n2S(=O)(=O)c2ccccc2)[nH]c1=O. The predicted molar refractivity (Wildman–Crippen MR) is 140 cm³/mol. The van der Waals surface area contributed by atoms with E-state index in [0.29, 0.717) is 22.4 Å². The normalized spacial score (nSPS) is 13.5. The lowest BCUT2D eigenvalue weighted by atomic mass is 9.92. The first-order chi connectivity index (χ1) is 17.6. The number of aromatic amines is 2. The van der Waals surface area contributed by atoms with E-state index in [4.69, 9.17) is 4.42 Å². The van der Waals surface area contributed by atoms with Crippen LogP contribution in [0.1, 0.15) is 37.9 Å². The summed E-state index contributed by atoms with van der Waals surface area (Å²) >= 11 is 0. The summed E-state index contributed by atoms with van der Waals surface area (Å²) in [6.45, 7) is 5.83. The molecule has 10 heteroatoms. The van der Waals surface area contributed by atoms with Gasteiger partial charge in [0.15, 0.2) is 6.39 Å². The predicted octanol–water partition coefficient (Wildman–Crippen LogP) is 2.20. The van der Waals surface area contributed by atoms with Crippen LogP contribution >= 0.6 is 0 Å². The molecule has 3 heterocycles. The van der Waals surface area contributed by atoms with Gasteiger partial charge >= 0.3 is 0 Å². The monoisotopic (exact) mass is 516 g/mol. The molecule has 0 aliphatic rings. The van der Waals surface area contributed by atoms with Gasteiger partial charge in [-0.05, 0) is 36.4 Å². The van der Waals surface area contributed by atoms with Gasteiger partial charge in [0.2, 0.25) is 0 Å². The van der Waals surface area contributed by atoms with E-state index >= 15 is 0 Å². The number of nitrogens with one attached hydrogen (secondary N) is 2. The molecule has 0 aliphatic heterocycles. The zero-order chi connectivity index (χ0) is 26.4. The molecule has 0 atom stereocenters. The Morgan fingerprint density at radius 2 is 1.51 bits per heavy atom. The Morgan fingerprint density at radius 1 is 0.892 bits per heavy atom. The van der Waals surface area contributed by atoms with Crippen LogP contribution in [-0.4, -0.2) is 27.3 Å². The Kier molecular flexibility index (Phi) is 5.83. The number of hydrogen-bond donors (Lipinski definition) is 2. The molecule has 9 nitrogen and oxygen atoms in total. The molecule has 0 radical (unpaired) electrons. The van der Waals surface area contributed by atoms with E-state index in [2.05, 4.69) is 15.0 Å². The summed E-state index contributed by atoms with van der Waals surface area (Å²) in [4.78, 5) is 35.3. The van der Waals surface area contributed by atoms with E-state index in [-0.39, 0.29) is 26.7 Å². The molecule has 37 heavy (non-hydrogen) atoms. The fraction of sp³-hybridized carbons (Fsp3) is 0.148. The molecule has 0 amide bonds. The van der Waals surface area contributed by atoms with Gasteiger partial charge in [-0.15, -0.1) is 0 Å². The number of aromatic nitrogens is 4. The van der Waals surface area contributed by atoms with Gasteiger partial charge in [0, 0.05) is 10.8 Å². The zero-order valence-corrected chi connectivity index (χ0v) is 21.2. The third-order valence-corrected chi connectivity index (χ3v) is 7.57. The number of oxazole rings is 1. The number of hydrogen-bond acceptors (Lipinski definition) is 6. The highest BCUT2D eigenvalue weighted by atomic mass is 32.2. The fourth-order valence-electron chi connectivity index (χ4n) is 4.12. The Hall–Kier alpha value is -4.44. The number of fused-ring (bicyclic) bond motifs is 1. The van der Waals surface area contributed by atoms with Crippen molar-refractivity contribution in [3.05, 3.63) is 116 Å². The average Bonchev–Trinajstić information content (AvgIpc) is 3.47. The van der Waals surface area contributed by atoms with E-state index in [1.807, 2.05) is 20.8 Å². The Morgan fingerprint density at radius 3 is 2.19 bits per heavy atom. The van der Waals surface area contributed by atoms with Crippen molar-refractivity contribution in [3.63, 3.8) is 0 Å². The molecule has 0 saturated heterocycles. The van der Waals surface area contributed by atoms with E-state index in [9.17, 15) is 18.0 Å². The van der Waals surface area contributed by atoms with E-state index in [0.717, 1.165) is 0 Å². The Balaban J connectivity index is 1.72. The van der Waals surface area contributed by atoms with Gasteiger partial charge in [-0.2, -0.15) is 0 Å². The van der Waals surface area contributed by atoms with Crippen molar-refractivity contribution in [2.45, 2.75) is 31.1 Å². The van der Waals surface area contributed by atoms with Crippen LogP contribution in [0.15, 0.2) is 86.0 Å². The molecule has 2 aromatic carbocycles. The first-order valence-corrected chi connectivity index (χ1v) is 12.9. The largest absolute Gasteiger partial charge is 0.447 e. The summed E-state index contributed by atoms with van der Waals surface area (Å²) in [5.41, 5.74) is -0.431. The minimum absolute atomic E-state index is 0.000925. The van der Waals surface area contributed by atoms with Gasteiger partial charge in [-0.3, -0.25) is 9.59 Å². The molecule has 0 bridgehead atoms. The molecule has 2 N–H and O–H groups in total. The summed E-state index contributed by atoms with van der Waals surface area (Å²) in [6, 6.07) is 16.6. The van der Waals surface area contributed by atoms with Crippen LogP contribution in [0.25, 0.3) is 23.1 Å². The Bertz CT molecular complexity index is 1970. The molecule has 0 spiro atoms. The number of benzene rings is 2. The molecule has 0 fully saturated rings. The number of nitrogens with zero attached hydrogens (tertiary/aromatic N) is 2. The second kappa shape index (κ2) is 8.90. The maximum atomic E-state index is 13.6. The van der Waals surface area contributed by atoms with Crippen molar-refractivity contribution in [3.8, 4) is 0 Å². The van der Waals surface area contributed by atoms with Gasteiger partial charge in [0.1, 0.15) is 22.2 Å². The maximum absolute atomic E-state index is 13.6. The van der Waals surface area contributed by atoms with Crippen molar-refractivity contribution in [1.82, 2.24) is 18.9 Å². The minimum Gasteiger partial charge on any atom is -0.447 e. The summed E-state index contributed by atoms with van der Waals surface area (Å²) < 4.78 is 33.8. The van der Waals surface area contributed by atoms with Crippen LogP contribution in [0, 0.1) is 0 Å². The van der Waals surface area contributed by atoms with Crippen LogP contribution in [-0.2, 0) is 15.4 Å². The van der Waals surface area contributed by atoms with Crippen LogP contribution in [0.4, 0.5) is 0 Å². The molecule has 0 aliphatic carbocycles. The number of para-hydroxylation sites is 1. The molecule has 5 aromatic rings. The zero-order valence-electron chi connectivity index (χ0n) is 20.3. The molecular formula is C27H24N4O5S. The summed E-state index contributed by atoms with van der Waals surface area (Å²) in [5.74, 6) is 0.569. The molecule has 0 saturated carbocycles. The van der Waals surface area contributed by atoms with Crippen molar-refractivity contribution < 1.29 is 12.8 Å². The molecular weight excluding hydrogens is 492 g/mol. The quantitative estimate of drug-likeness (QED) is 0.377. The van der Waals surface area contributed by atoms with Crippen molar-refractivity contribution >= 4 is 33.1 Å². The lowest BCUT2D eigenvalue weighted by Crippen LogP contribution is -2.47. The smallest absolute Gasteiger partial charge is 0.272 e. The molecule has 0 unspecified atom stereocenters. The fourth-order valence-corrected chi connectivity index (χ4v) is 5.64. The van der Waals surface area contributed by atoms with Crippen molar-refractivity contribution in [2.24, 2.45) is 0 Å². The average molecular weight is 517 g/mol. The van der Waals surface area contributed by atoms with Crippen LogP contribution in [0.5, 0.6) is 0 Å². The van der Waals surface area contributed by atoms with Gasteiger partial charge in [0.05, 0.1) is 16.1 Å². The topological polar surface area (TPSA) is 131 Å². The highest BCUT2D eigenvalue weighted by Crippen LogP contribution is 2.26. The second-order valence-electron chi connectivity index (χ2n) is 9.55. The standard InChI is InChI=1S/C27H24N4O5S/c1-27(2,3)24-20(28-16-36-24)15-22-26(33)29-21(25(32)30-22)14-18-13-17-9-7-8-12-23(17)31(18)37(34,35)19-10-5-4-6-11-19/h4-16H,1-3H3,(H,29,33)(H,30,32). The highest BCUT2D eigenvalue weighted by molar-refractivity contribution is 7.90. The first-order valence-electron chi connectivity index (χ1n) is 11.5. The summed E-state index contributed by atoms with van der Waals surface area (Å²) in [6.07, 6.45) is 4.08. The van der Waals surface area contributed by atoms with E-state index in [1.54, 1.807) is 48.5 Å².